The smallest absolute Gasteiger partial charge is 0.243 e. The van der Waals surface area contributed by atoms with Crippen LogP contribution >= 0.6 is 11.6 Å². The number of nitrogens with one attached hydrogen (secondary N) is 1. The molecule has 4 rings (SSSR count). The van der Waals surface area contributed by atoms with Crippen LogP contribution in [0.4, 0.5) is 0 Å². The third-order valence-corrected chi connectivity index (χ3v) is 8.56. The van der Waals surface area contributed by atoms with Crippen LogP contribution in [0.1, 0.15) is 36.8 Å². The Morgan fingerprint density at radius 2 is 1.67 bits per heavy atom. The second-order valence-electron chi connectivity index (χ2n) is 8.50. The van der Waals surface area contributed by atoms with Gasteiger partial charge in [-0.05, 0) is 62.4 Å². The number of aryl methyl sites for hydroxylation is 1. The van der Waals surface area contributed by atoms with E-state index in [4.69, 9.17) is 11.6 Å². The lowest BCUT2D eigenvalue weighted by atomic mass is 9.94. The lowest BCUT2D eigenvalue weighted by Gasteiger charge is -2.31. The third-order valence-electron chi connectivity index (χ3n) is 6.39. The number of hydrogen-bond donors (Lipinski definition) is 1. The molecule has 2 fully saturated rings. The van der Waals surface area contributed by atoms with Crippen LogP contribution in [-0.4, -0.2) is 38.3 Å². The van der Waals surface area contributed by atoms with Crippen LogP contribution < -0.4 is 5.32 Å². The van der Waals surface area contributed by atoms with Crippen molar-refractivity contribution in [3.05, 3.63) is 64.7 Å². The molecule has 2 aromatic carbocycles. The van der Waals surface area contributed by atoms with Gasteiger partial charge in [0.15, 0.2) is 0 Å². The van der Waals surface area contributed by atoms with E-state index in [1.54, 1.807) is 12.1 Å². The fourth-order valence-corrected chi connectivity index (χ4v) is 5.74. The average molecular weight is 447 g/mol. The standard InChI is InChI=1S/C23H27ClN2O3S/c1-17-2-8-21(9-3-17)30(28,29)26-14-10-18(11-15-26)22(27)25-16-23(12-13-23)19-4-6-20(24)7-5-19/h2-9,18H,10-16H2,1H3,(H,25,27). The van der Waals surface area contributed by atoms with Gasteiger partial charge in [-0.25, -0.2) is 8.42 Å². The fourth-order valence-electron chi connectivity index (χ4n) is 4.14. The Balaban J connectivity index is 1.31. The van der Waals surface area contributed by atoms with Crippen molar-refractivity contribution < 1.29 is 13.2 Å². The summed E-state index contributed by atoms with van der Waals surface area (Å²) < 4.78 is 27.2. The van der Waals surface area contributed by atoms with E-state index in [2.05, 4.69) is 5.32 Å². The van der Waals surface area contributed by atoms with Crippen molar-refractivity contribution in [1.82, 2.24) is 9.62 Å². The van der Waals surface area contributed by atoms with Gasteiger partial charge in [-0.3, -0.25) is 4.79 Å². The van der Waals surface area contributed by atoms with E-state index in [-0.39, 0.29) is 17.2 Å². The van der Waals surface area contributed by atoms with E-state index in [0.29, 0.717) is 42.4 Å². The quantitative estimate of drug-likeness (QED) is 0.731. The van der Waals surface area contributed by atoms with Gasteiger partial charge in [-0.15, -0.1) is 0 Å². The first-order valence-electron chi connectivity index (χ1n) is 10.4. The molecule has 0 unspecified atom stereocenters. The van der Waals surface area contributed by atoms with Gasteiger partial charge in [0.1, 0.15) is 0 Å². The SMILES string of the molecule is Cc1ccc(S(=O)(=O)N2CCC(C(=O)NCC3(c4ccc(Cl)cc4)CC3)CC2)cc1. The van der Waals surface area contributed by atoms with Gasteiger partial charge in [-0.1, -0.05) is 41.4 Å². The van der Waals surface area contributed by atoms with Crippen molar-refractivity contribution in [2.45, 2.75) is 42.9 Å². The van der Waals surface area contributed by atoms with Gasteiger partial charge in [0.25, 0.3) is 0 Å². The molecule has 1 amide bonds. The summed E-state index contributed by atoms with van der Waals surface area (Å²) in [6.45, 7) is 3.29. The zero-order valence-electron chi connectivity index (χ0n) is 17.1. The maximum atomic E-state index is 12.8. The topological polar surface area (TPSA) is 66.5 Å². The van der Waals surface area contributed by atoms with Crippen LogP contribution in [0, 0.1) is 12.8 Å². The van der Waals surface area contributed by atoms with Crippen molar-refractivity contribution in [1.29, 1.82) is 0 Å². The number of sulfonamides is 1. The average Bonchev–Trinajstić information content (AvgIpc) is 3.54. The molecule has 0 bridgehead atoms. The molecule has 1 saturated heterocycles. The van der Waals surface area contributed by atoms with Crippen molar-refractivity contribution in [3.63, 3.8) is 0 Å². The van der Waals surface area contributed by atoms with Gasteiger partial charge >= 0.3 is 0 Å². The van der Waals surface area contributed by atoms with Crippen LogP contribution in [0.2, 0.25) is 5.02 Å². The number of halogens is 1. The molecule has 1 heterocycles. The molecule has 1 saturated carbocycles. The second-order valence-corrected chi connectivity index (χ2v) is 10.9. The minimum absolute atomic E-state index is 0.0235. The summed E-state index contributed by atoms with van der Waals surface area (Å²) in [4.78, 5) is 13.0. The summed E-state index contributed by atoms with van der Waals surface area (Å²) in [5.74, 6) is -0.113. The molecular weight excluding hydrogens is 420 g/mol. The number of amides is 1. The van der Waals surface area contributed by atoms with E-state index in [1.165, 1.54) is 9.87 Å². The molecule has 1 aliphatic carbocycles. The summed E-state index contributed by atoms with van der Waals surface area (Å²) in [7, 11) is -3.50. The van der Waals surface area contributed by atoms with Crippen molar-refractivity contribution in [3.8, 4) is 0 Å². The highest BCUT2D eigenvalue weighted by Crippen LogP contribution is 2.47. The summed E-state index contributed by atoms with van der Waals surface area (Å²) in [6.07, 6.45) is 3.21. The lowest BCUT2D eigenvalue weighted by molar-refractivity contribution is -0.126. The van der Waals surface area contributed by atoms with Crippen molar-refractivity contribution >= 4 is 27.5 Å². The number of piperidine rings is 1. The van der Waals surface area contributed by atoms with Gasteiger partial charge in [0.2, 0.25) is 15.9 Å². The normalized spacial score (nSPS) is 19.4. The first kappa shape index (κ1) is 21.3. The Labute approximate surface area is 183 Å². The second kappa shape index (κ2) is 8.33. The molecule has 0 radical (unpaired) electrons. The number of benzene rings is 2. The molecule has 2 aromatic rings. The lowest BCUT2D eigenvalue weighted by Crippen LogP contribution is -2.44. The zero-order valence-corrected chi connectivity index (χ0v) is 18.7. The van der Waals surface area contributed by atoms with Crippen LogP contribution in [0.15, 0.2) is 53.4 Å². The Kier molecular flexibility index (Phi) is 5.93. The Morgan fingerprint density at radius 1 is 1.07 bits per heavy atom. The van der Waals surface area contributed by atoms with Gasteiger partial charge in [-0.2, -0.15) is 4.31 Å². The molecule has 1 aliphatic heterocycles. The van der Waals surface area contributed by atoms with Crippen molar-refractivity contribution in [2.75, 3.05) is 19.6 Å². The van der Waals surface area contributed by atoms with E-state index in [9.17, 15) is 13.2 Å². The minimum Gasteiger partial charge on any atom is -0.355 e. The first-order valence-corrected chi connectivity index (χ1v) is 12.2. The highest BCUT2D eigenvalue weighted by molar-refractivity contribution is 7.89. The largest absolute Gasteiger partial charge is 0.355 e. The summed E-state index contributed by atoms with van der Waals surface area (Å²) >= 11 is 5.98. The van der Waals surface area contributed by atoms with E-state index < -0.39 is 10.0 Å². The Hall–Kier alpha value is -1.89. The minimum atomic E-state index is -3.50. The molecule has 5 nitrogen and oxygen atoms in total. The molecule has 30 heavy (non-hydrogen) atoms. The molecular formula is C23H27ClN2O3S. The third kappa shape index (κ3) is 4.41. The highest BCUT2D eigenvalue weighted by atomic mass is 35.5. The number of hydrogen-bond acceptors (Lipinski definition) is 3. The number of rotatable bonds is 6. The van der Waals surface area contributed by atoms with E-state index in [0.717, 1.165) is 18.4 Å². The molecule has 0 spiro atoms. The number of carbonyl (C=O) groups excluding carboxylic acids is 1. The predicted molar refractivity (Wildman–Crippen MR) is 118 cm³/mol. The molecule has 7 heteroatoms. The molecule has 2 aliphatic rings. The summed E-state index contributed by atoms with van der Waals surface area (Å²) in [6, 6.07) is 14.8. The molecule has 0 aromatic heterocycles. The molecule has 1 N–H and O–H groups in total. The summed E-state index contributed by atoms with van der Waals surface area (Å²) in [5, 5.41) is 3.83. The van der Waals surface area contributed by atoms with Crippen molar-refractivity contribution in [2.24, 2.45) is 5.92 Å². The van der Waals surface area contributed by atoms with Crippen LogP contribution in [0.3, 0.4) is 0 Å². The van der Waals surface area contributed by atoms with E-state index in [1.807, 2.05) is 43.3 Å². The molecule has 160 valence electrons. The Bertz CT molecular complexity index is 1010. The van der Waals surface area contributed by atoms with Crippen LogP contribution in [0.25, 0.3) is 0 Å². The van der Waals surface area contributed by atoms with Gasteiger partial charge < -0.3 is 5.32 Å². The fraction of sp³-hybridized carbons (Fsp3) is 0.435. The predicted octanol–water partition coefficient (Wildman–Crippen LogP) is 3.90. The van der Waals surface area contributed by atoms with E-state index >= 15 is 0 Å². The van der Waals surface area contributed by atoms with Gasteiger partial charge in [0, 0.05) is 36.0 Å². The zero-order chi connectivity index (χ0) is 21.4. The molecule has 0 atom stereocenters. The monoisotopic (exact) mass is 446 g/mol. The summed E-state index contributed by atoms with van der Waals surface area (Å²) in [5.41, 5.74) is 2.26. The van der Waals surface area contributed by atoms with Crippen LogP contribution in [-0.2, 0) is 20.2 Å². The number of carbonyl (C=O) groups is 1. The maximum absolute atomic E-state index is 12.8. The Morgan fingerprint density at radius 3 is 2.23 bits per heavy atom. The first-order chi connectivity index (χ1) is 14.3. The van der Waals surface area contributed by atoms with Gasteiger partial charge in [0.05, 0.1) is 4.90 Å². The maximum Gasteiger partial charge on any atom is 0.243 e. The highest BCUT2D eigenvalue weighted by Gasteiger charge is 2.44. The number of nitrogens with zero attached hydrogens (tertiary/aromatic N) is 1. The van der Waals surface area contributed by atoms with Crippen LogP contribution in [0.5, 0.6) is 0 Å².